The number of thiophene rings is 1. The molecule has 2 aromatic carbocycles. The highest BCUT2D eigenvalue weighted by molar-refractivity contribution is 7.11. The number of benzene rings is 2. The zero-order chi connectivity index (χ0) is 19.0. The normalized spacial score (nSPS) is 16.1. The fourth-order valence-electron chi connectivity index (χ4n) is 3.48. The van der Waals surface area contributed by atoms with E-state index in [9.17, 15) is 9.18 Å². The lowest BCUT2D eigenvalue weighted by atomic mass is 9.88. The molecule has 0 saturated heterocycles. The van der Waals surface area contributed by atoms with Crippen LogP contribution in [0.3, 0.4) is 0 Å². The summed E-state index contributed by atoms with van der Waals surface area (Å²) in [5.41, 5.74) is 3.41. The molecule has 0 radical (unpaired) electrons. The monoisotopic (exact) mass is 381 g/mol. The van der Waals surface area contributed by atoms with Crippen molar-refractivity contribution in [2.45, 2.75) is 32.3 Å². The van der Waals surface area contributed by atoms with Gasteiger partial charge in [-0.2, -0.15) is 0 Å². The van der Waals surface area contributed by atoms with Crippen LogP contribution in [0.25, 0.3) is 11.1 Å². The summed E-state index contributed by atoms with van der Waals surface area (Å²) in [6.07, 6.45) is 0.420. The molecular formula is C22H20FNO2S. The van der Waals surface area contributed by atoms with Gasteiger partial charge in [0, 0.05) is 33.7 Å². The molecule has 2 heterocycles. The number of halogens is 1. The second kappa shape index (κ2) is 7.16. The number of carbonyl (C=O) groups is 1. The van der Waals surface area contributed by atoms with E-state index in [0.29, 0.717) is 6.42 Å². The van der Waals surface area contributed by atoms with Crippen molar-refractivity contribution in [3.63, 3.8) is 0 Å². The summed E-state index contributed by atoms with van der Waals surface area (Å²) in [6, 6.07) is 14.3. The van der Waals surface area contributed by atoms with Crippen LogP contribution >= 0.6 is 11.3 Å². The summed E-state index contributed by atoms with van der Waals surface area (Å²) in [5.74, 6) is 0.402. The van der Waals surface area contributed by atoms with Crippen LogP contribution in [0.4, 0.5) is 10.1 Å². The van der Waals surface area contributed by atoms with Crippen LogP contribution in [-0.2, 0) is 4.79 Å². The molecule has 0 unspecified atom stereocenters. The number of hydrogen-bond acceptors (Lipinski definition) is 3. The van der Waals surface area contributed by atoms with Crippen LogP contribution in [0.2, 0.25) is 0 Å². The Kier molecular flexibility index (Phi) is 4.70. The van der Waals surface area contributed by atoms with Gasteiger partial charge < -0.3 is 10.1 Å². The lowest BCUT2D eigenvalue weighted by Crippen LogP contribution is -2.23. The Labute approximate surface area is 161 Å². The van der Waals surface area contributed by atoms with E-state index in [1.165, 1.54) is 12.1 Å². The second-order valence-corrected chi connectivity index (χ2v) is 7.82. The Hall–Kier alpha value is -2.66. The maximum Gasteiger partial charge on any atom is 0.225 e. The lowest BCUT2D eigenvalue weighted by molar-refractivity contribution is -0.116. The number of carbonyl (C=O) groups excluding carboxylic acids is 1. The summed E-state index contributed by atoms with van der Waals surface area (Å²) in [6.45, 7) is 3.98. The highest BCUT2D eigenvalue weighted by atomic mass is 32.1. The van der Waals surface area contributed by atoms with Gasteiger partial charge in [-0.05, 0) is 37.6 Å². The highest BCUT2D eigenvalue weighted by Gasteiger charge is 2.32. The van der Waals surface area contributed by atoms with Crippen LogP contribution in [0.1, 0.15) is 36.6 Å². The van der Waals surface area contributed by atoms with E-state index in [-0.39, 0.29) is 23.7 Å². The first-order valence-electron chi connectivity index (χ1n) is 8.95. The predicted octanol–water partition coefficient (Wildman–Crippen LogP) is 5.82. The number of nitrogens with one attached hydrogen (secondary N) is 1. The van der Waals surface area contributed by atoms with E-state index < -0.39 is 0 Å². The van der Waals surface area contributed by atoms with Crippen molar-refractivity contribution in [2.75, 3.05) is 5.32 Å². The highest BCUT2D eigenvalue weighted by Crippen LogP contribution is 2.48. The Morgan fingerprint density at radius 3 is 2.78 bits per heavy atom. The summed E-state index contributed by atoms with van der Waals surface area (Å²) < 4.78 is 19.7. The van der Waals surface area contributed by atoms with Crippen molar-refractivity contribution >= 4 is 22.9 Å². The van der Waals surface area contributed by atoms with Crippen molar-refractivity contribution in [1.29, 1.82) is 0 Å². The molecule has 1 atom stereocenters. The van der Waals surface area contributed by atoms with Crippen molar-refractivity contribution in [3.8, 4) is 16.9 Å². The van der Waals surface area contributed by atoms with E-state index in [2.05, 4.69) is 5.32 Å². The van der Waals surface area contributed by atoms with E-state index in [1.54, 1.807) is 17.4 Å². The first-order chi connectivity index (χ1) is 13.0. The van der Waals surface area contributed by atoms with Crippen molar-refractivity contribution in [1.82, 2.24) is 0 Å². The fraction of sp³-hybridized carbons (Fsp3) is 0.227. The largest absolute Gasteiger partial charge is 0.491 e. The molecule has 138 valence electrons. The van der Waals surface area contributed by atoms with Crippen LogP contribution in [0.5, 0.6) is 5.75 Å². The van der Waals surface area contributed by atoms with Gasteiger partial charge in [0.1, 0.15) is 11.6 Å². The minimum atomic E-state index is -0.290. The van der Waals surface area contributed by atoms with Crippen LogP contribution in [-0.4, -0.2) is 12.0 Å². The molecule has 5 heteroatoms. The van der Waals surface area contributed by atoms with Crippen LogP contribution in [0, 0.1) is 5.82 Å². The maximum atomic E-state index is 13.7. The molecule has 0 bridgehead atoms. The summed E-state index contributed by atoms with van der Waals surface area (Å²) in [5, 5.41) is 4.98. The average molecular weight is 381 g/mol. The lowest BCUT2D eigenvalue weighted by Gasteiger charge is -2.26. The fourth-order valence-corrected chi connectivity index (χ4v) is 4.63. The first-order valence-corrected chi connectivity index (χ1v) is 9.83. The van der Waals surface area contributed by atoms with Gasteiger partial charge in [0.05, 0.1) is 11.8 Å². The third kappa shape index (κ3) is 3.47. The number of rotatable bonds is 4. The number of ether oxygens (including phenoxy) is 1. The van der Waals surface area contributed by atoms with E-state index in [0.717, 1.165) is 33.0 Å². The van der Waals surface area contributed by atoms with Crippen LogP contribution in [0.15, 0.2) is 53.9 Å². The molecular weight excluding hydrogens is 361 g/mol. The number of para-hydroxylation sites is 1. The molecule has 0 aliphatic carbocycles. The zero-order valence-corrected chi connectivity index (χ0v) is 16.0. The minimum Gasteiger partial charge on any atom is -0.491 e. The van der Waals surface area contributed by atoms with Gasteiger partial charge in [-0.25, -0.2) is 4.39 Å². The van der Waals surface area contributed by atoms with Gasteiger partial charge >= 0.3 is 0 Å². The van der Waals surface area contributed by atoms with E-state index in [4.69, 9.17) is 4.74 Å². The van der Waals surface area contributed by atoms with Gasteiger partial charge in [0.25, 0.3) is 0 Å². The Balaban J connectivity index is 1.81. The molecule has 3 nitrogen and oxygen atoms in total. The Bertz CT molecular complexity index is 995. The molecule has 0 saturated carbocycles. The molecule has 1 aliphatic heterocycles. The summed E-state index contributed by atoms with van der Waals surface area (Å²) >= 11 is 1.59. The van der Waals surface area contributed by atoms with Crippen molar-refractivity contribution in [2.24, 2.45) is 0 Å². The molecule has 3 aromatic rings. The first kappa shape index (κ1) is 17.7. The van der Waals surface area contributed by atoms with E-state index in [1.807, 2.05) is 49.6 Å². The standard InChI is InChI=1S/C22H20FNO2S/c1-13(2)26-19-9-4-3-8-16(19)17-11-20(25)24-21-18(12-27-22(17)21)14-6-5-7-15(23)10-14/h3-10,12-13,17H,11H2,1-2H3,(H,24,25)/t17-/m0/s1. The SMILES string of the molecule is CC(C)Oc1ccccc1[C@@H]1CC(=O)Nc2c(-c3cccc(F)c3)csc21. The second-order valence-electron chi connectivity index (χ2n) is 6.91. The molecule has 4 rings (SSSR count). The van der Waals surface area contributed by atoms with Crippen LogP contribution < -0.4 is 10.1 Å². The molecule has 0 spiro atoms. The molecule has 27 heavy (non-hydrogen) atoms. The Morgan fingerprint density at radius 1 is 1.19 bits per heavy atom. The third-order valence-electron chi connectivity index (χ3n) is 4.58. The average Bonchev–Trinajstić information content (AvgIpc) is 3.05. The molecule has 1 N–H and O–H groups in total. The number of amides is 1. The van der Waals surface area contributed by atoms with Gasteiger partial charge in [0.15, 0.2) is 0 Å². The number of fused-ring (bicyclic) bond motifs is 1. The zero-order valence-electron chi connectivity index (χ0n) is 15.2. The maximum absolute atomic E-state index is 13.7. The van der Waals surface area contributed by atoms with Gasteiger partial charge in [0.2, 0.25) is 5.91 Å². The van der Waals surface area contributed by atoms with Gasteiger partial charge in [-0.15, -0.1) is 11.3 Å². The molecule has 0 fully saturated rings. The van der Waals surface area contributed by atoms with E-state index >= 15 is 0 Å². The topological polar surface area (TPSA) is 38.3 Å². The minimum absolute atomic E-state index is 0.0390. The summed E-state index contributed by atoms with van der Waals surface area (Å²) in [7, 11) is 0. The smallest absolute Gasteiger partial charge is 0.225 e. The number of hydrogen-bond donors (Lipinski definition) is 1. The quantitative estimate of drug-likeness (QED) is 0.619. The Morgan fingerprint density at radius 2 is 2.00 bits per heavy atom. The van der Waals surface area contributed by atoms with Crippen molar-refractivity contribution in [3.05, 3.63) is 70.2 Å². The molecule has 1 amide bonds. The van der Waals surface area contributed by atoms with Gasteiger partial charge in [-0.3, -0.25) is 4.79 Å². The number of anilines is 1. The van der Waals surface area contributed by atoms with Gasteiger partial charge in [-0.1, -0.05) is 30.3 Å². The molecule has 1 aliphatic rings. The van der Waals surface area contributed by atoms with Crippen molar-refractivity contribution < 1.29 is 13.9 Å². The summed E-state index contributed by atoms with van der Waals surface area (Å²) in [4.78, 5) is 13.5. The third-order valence-corrected chi connectivity index (χ3v) is 5.68. The predicted molar refractivity (Wildman–Crippen MR) is 107 cm³/mol. The molecule has 1 aromatic heterocycles.